The van der Waals surface area contributed by atoms with Crippen molar-refractivity contribution in [3.63, 3.8) is 0 Å². The van der Waals surface area contributed by atoms with Crippen molar-refractivity contribution in [1.82, 2.24) is 25.3 Å². The number of aliphatic hydroxyl groups excluding tert-OH is 1. The number of hydrogen-bond acceptors (Lipinski definition) is 9. The van der Waals surface area contributed by atoms with Gasteiger partial charge < -0.3 is 34.9 Å². The maximum absolute atomic E-state index is 13.6. The average Bonchev–Trinajstić information content (AvgIpc) is 3.36. The number of carbonyl (C=O) groups is 1. The summed E-state index contributed by atoms with van der Waals surface area (Å²) in [5, 5.41) is 14.8. The topological polar surface area (TPSA) is 144 Å². The molecule has 1 fully saturated rings. The highest BCUT2D eigenvalue weighted by Gasteiger charge is 2.40. The molecule has 1 aliphatic heterocycles. The summed E-state index contributed by atoms with van der Waals surface area (Å²) in [6.07, 6.45) is 1.59. The number of benzene rings is 1. The first kappa shape index (κ1) is 26.6. The highest BCUT2D eigenvalue weighted by atomic mass is 19.1. The molecule has 11 nitrogen and oxygen atoms in total. The molecule has 0 unspecified atom stereocenters. The molecule has 1 amide bonds. The van der Waals surface area contributed by atoms with E-state index in [1.165, 1.54) is 12.1 Å². The summed E-state index contributed by atoms with van der Waals surface area (Å²) in [6.45, 7) is 3.19. The number of halogens is 1. The molecule has 0 aliphatic carbocycles. The minimum absolute atomic E-state index is 0.0971. The number of aromatic nitrogens is 4. The zero-order valence-corrected chi connectivity index (χ0v) is 20.8. The number of H-pyrrole nitrogens is 1. The standard InChI is InChI=1S/C25H31FN6O5/c1-25(23(34)27-11-12-33)14-36-22(37-15-25)21-31-19(16-4-6-17(26)7-5-16)20(32-21)18-8-10-29-24(30-18)28-9-3-13-35-2/h4-8,10,22,33H,3,9,11-15H2,1-2H3,(H,27,34)(H,31,32)(H,28,29,30). The summed E-state index contributed by atoms with van der Waals surface area (Å²) in [5.74, 6) is 0.215. The summed E-state index contributed by atoms with van der Waals surface area (Å²) in [7, 11) is 1.65. The molecule has 3 heterocycles. The summed E-state index contributed by atoms with van der Waals surface area (Å²) in [4.78, 5) is 29.3. The number of rotatable bonds is 11. The van der Waals surface area contributed by atoms with E-state index < -0.39 is 11.7 Å². The second-order valence-corrected chi connectivity index (χ2v) is 8.89. The third kappa shape index (κ3) is 6.46. The van der Waals surface area contributed by atoms with Crippen LogP contribution >= 0.6 is 0 Å². The molecule has 0 radical (unpaired) electrons. The maximum Gasteiger partial charge on any atom is 0.230 e. The highest BCUT2D eigenvalue weighted by Crippen LogP contribution is 2.35. The van der Waals surface area contributed by atoms with Crippen LogP contribution in [0.3, 0.4) is 0 Å². The zero-order valence-electron chi connectivity index (χ0n) is 20.8. The summed E-state index contributed by atoms with van der Waals surface area (Å²) < 4.78 is 30.5. The van der Waals surface area contributed by atoms with Gasteiger partial charge in [0.15, 0.2) is 5.82 Å². The van der Waals surface area contributed by atoms with Crippen LogP contribution in [0.5, 0.6) is 0 Å². The molecule has 1 aromatic carbocycles. The van der Waals surface area contributed by atoms with Crippen molar-refractivity contribution in [3.05, 3.63) is 48.2 Å². The Morgan fingerprint density at radius 1 is 1.22 bits per heavy atom. The van der Waals surface area contributed by atoms with Crippen LogP contribution in [-0.4, -0.2) is 77.6 Å². The molecular weight excluding hydrogens is 483 g/mol. The van der Waals surface area contributed by atoms with Gasteiger partial charge in [-0.2, -0.15) is 0 Å². The normalized spacial score (nSPS) is 19.5. The first-order valence-corrected chi connectivity index (χ1v) is 12.0. The van der Waals surface area contributed by atoms with Crippen molar-refractivity contribution in [2.75, 3.05) is 51.9 Å². The summed E-state index contributed by atoms with van der Waals surface area (Å²) in [5.41, 5.74) is 1.48. The van der Waals surface area contributed by atoms with E-state index in [1.54, 1.807) is 38.4 Å². The van der Waals surface area contributed by atoms with E-state index in [2.05, 4.69) is 25.6 Å². The van der Waals surface area contributed by atoms with Gasteiger partial charge in [-0.05, 0) is 43.7 Å². The minimum atomic E-state index is -0.906. The first-order chi connectivity index (χ1) is 17.9. The number of methoxy groups -OCH3 is 1. The SMILES string of the molecule is COCCCNc1nccc(-c2[nH]c(C3OCC(C)(C(=O)NCCO)CO3)nc2-c2ccc(F)cc2)n1. The number of nitrogens with zero attached hydrogens (tertiary/aromatic N) is 3. The van der Waals surface area contributed by atoms with Crippen molar-refractivity contribution in [2.24, 2.45) is 5.41 Å². The minimum Gasteiger partial charge on any atom is -0.395 e. The van der Waals surface area contributed by atoms with Gasteiger partial charge in [0, 0.05) is 38.6 Å². The molecular formula is C25H31FN6O5. The summed E-state index contributed by atoms with van der Waals surface area (Å²) in [6, 6.07) is 7.74. The lowest BCUT2D eigenvalue weighted by Crippen LogP contribution is -2.49. The van der Waals surface area contributed by atoms with Gasteiger partial charge in [0.05, 0.1) is 42.3 Å². The smallest absolute Gasteiger partial charge is 0.230 e. The number of aromatic amines is 1. The van der Waals surface area contributed by atoms with Gasteiger partial charge in [-0.1, -0.05) is 0 Å². The van der Waals surface area contributed by atoms with Crippen molar-refractivity contribution < 1.29 is 28.5 Å². The molecule has 1 saturated heterocycles. The largest absolute Gasteiger partial charge is 0.395 e. The van der Waals surface area contributed by atoms with Crippen LogP contribution < -0.4 is 10.6 Å². The van der Waals surface area contributed by atoms with Gasteiger partial charge in [0.25, 0.3) is 0 Å². The molecule has 0 saturated carbocycles. The molecule has 198 valence electrons. The molecule has 0 atom stereocenters. The molecule has 37 heavy (non-hydrogen) atoms. The first-order valence-electron chi connectivity index (χ1n) is 12.0. The van der Waals surface area contributed by atoms with Gasteiger partial charge in [-0.25, -0.2) is 19.3 Å². The number of anilines is 1. The Kier molecular flexibility index (Phi) is 8.77. The lowest BCUT2D eigenvalue weighted by atomic mass is 9.91. The van der Waals surface area contributed by atoms with Crippen molar-refractivity contribution in [3.8, 4) is 22.6 Å². The fourth-order valence-corrected chi connectivity index (χ4v) is 3.79. The van der Waals surface area contributed by atoms with E-state index in [0.29, 0.717) is 47.6 Å². The molecule has 4 N–H and O–H groups in total. The molecule has 2 aromatic heterocycles. The number of carbonyl (C=O) groups excluding carboxylic acids is 1. The summed E-state index contributed by atoms with van der Waals surface area (Å²) >= 11 is 0. The predicted octanol–water partition coefficient (Wildman–Crippen LogP) is 2.28. The fraction of sp³-hybridized carbons (Fsp3) is 0.440. The van der Waals surface area contributed by atoms with Crippen LogP contribution in [0, 0.1) is 11.2 Å². The number of imidazole rings is 1. The van der Waals surface area contributed by atoms with E-state index in [9.17, 15) is 9.18 Å². The van der Waals surface area contributed by atoms with E-state index in [1.807, 2.05) is 0 Å². The number of amides is 1. The highest BCUT2D eigenvalue weighted by molar-refractivity contribution is 5.82. The molecule has 0 spiro atoms. The van der Waals surface area contributed by atoms with Crippen LogP contribution in [0.1, 0.15) is 25.5 Å². The lowest BCUT2D eigenvalue weighted by molar-refractivity contribution is -0.231. The van der Waals surface area contributed by atoms with E-state index in [0.717, 1.165) is 6.42 Å². The van der Waals surface area contributed by atoms with Crippen molar-refractivity contribution in [1.29, 1.82) is 0 Å². The van der Waals surface area contributed by atoms with Crippen LogP contribution in [0.4, 0.5) is 10.3 Å². The Labute approximate surface area is 213 Å². The van der Waals surface area contributed by atoms with Gasteiger partial charge >= 0.3 is 0 Å². The zero-order chi connectivity index (χ0) is 26.3. The Morgan fingerprint density at radius 3 is 2.68 bits per heavy atom. The van der Waals surface area contributed by atoms with Gasteiger partial charge in [0.1, 0.15) is 5.82 Å². The predicted molar refractivity (Wildman–Crippen MR) is 133 cm³/mol. The fourth-order valence-electron chi connectivity index (χ4n) is 3.79. The van der Waals surface area contributed by atoms with Crippen molar-refractivity contribution >= 4 is 11.9 Å². The quantitative estimate of drug-likeness (QED) is 0.283. The third-order valence-electron chi connectivity index (χ3n) is 5.84. The van der Waals surface area contributed by atoms with E-state index >= 15 is 0 Å². The average molecular weight is 515 g/mol. The molecule has 4 rings (SSSR count). The van der Waals surface area contributed by atoms with Crippen LogP contribution in [0.25, 0.3) is 22.6 Å². The van der Waals surface area contributed by atoms with E-state index in [4.69, 9.17) is 24.3 Å². The second-order valence-electron chi connectivity index (χ2n) is 8.89. The molecule has 12 heteroatoms. The molecule has 1 aliphatic rings. The third-order valence-corrected chi connectivity index (χ3v) is 5.84. The maximum atomic E-state index is 13.6. The Hall–Kier alpha value is -3.45. The number of hydrogen-bond donors (Lipinski definition) is 4. The lowest BCUT2D eigenvalue weighted by Gasteiger charge is -2.35. The Balaban J connectivity index is 1.59. The van der Waals surface area contributed by atoms with Crippen LogP contribution in [-0.2, 0) is 19.0 Å². The second kappa shape index (κ2) is 12.2. The van der Waals surface area contributed by atoms with Crippen LogP contribution in [0.15, 0.2) is 36.5 Å². The van der Waals surface area contributed by atoms with Gasteiger partial charge in [0.2, 0.25) is 18.1 Å². The monoisotopic (exact) mass is 514 g/mol. The molecule has 3 aromatic rings. The Morgan fingerprint density at radius 2 is 1.97 bits per heavy atom. The number of ether oxygens (including phenoxy) is 3. The number of nitrogens with one attached hydrogen (secondary N) is 3. The van der Waals surface area contributed by atoms with Crippen molar-refractivity contribution in [2.45, 2.75) is 19.6 Å². The Bertz CT molecular complexity index is 1180. The number of aliphatic hydroxyl groups is 1. The molecule has 0 bridgehead atoms. The van der Waals surface area contributed by atoms with Crippen LogP contribution in [0.2, 0.25) is 0 Å². The van der Waals surface area contributed by atoms with E-state index in [-0.39, 0.29) is 38.1 Å². The van der Waals surface area contributed by atoms with Gasteiger partial charge in [-0.15, -0.1) is 0 Å². The van der Waals surface area contributed by atoms with Gasteiger partial charge in [-0.3, -0.25) is 4.79 Å².